The highest BCUT2D eigenvalue weighted by atomic mass is 35.5. The molecular formula is C16H21Cl2FN2S. The summed E-state index contributed by atoms with van der Waals surface area (Å²) in [7, 11) is 0. The molecule has 0 radical (unpaired) electrons. The molecular weight excluding hydrogens is 342 g/mol. The molecule has 1 aliphatic heterocycles. The number of halogens is 3. The summed E-state index contributed by atoms with van der Waals surface area (Å²) in [5.74, 6) is -0.112. The lowest BCUT2D eigenvalue weighted by atomic mass is 10.0. The van der Waals surface area contributed by atoms with Crippen molar-refractivity contribution in [1.82, 2.24) is 10.2 Å². The Bertz CT molecular complexity index is 572. The van der Waals surface area contributed by atoms with Gasteiger partial charge in [-0.05, 0) is 35.6 Å². The fourth-order valence-electron chi connectivity index (χ4n) is 2.72. The third kappa shape index (κ3) is 4.21. The van der Waals surface area contributed by atoms with Gasteiger partial charge in [0.05, 0.1) is 6.04 Å². The highest BCUT2D eigenvalue weighted by Crippen LogP contribution is 2.32. The lowest BCUT2D eigenvalue weighted by Gasteiger charge is -2.34. The number of hydrogen-bond donors (Lipinski definition) is 1. The van der Waals surface area contributed by atoms with E-state index in [4.69, 9.17) is 0 Å². The van der Waals surface area contributed by atoms with Gasteiger partial charge < -0.3 is 5.32 Å². The van der Waals surface area contributed by atoms with Crippen molar-refractivity contribution in [2.24, 2.45) is 0 Å². The van der Waals surface area contributed by atoms with Crippen LogP contribution in [0.1, 0.15) is 22.0 Å². The first-order valence-electron chi connectivity index (χ1n) is 7.00. The quantitative estimate of drug-likeness (QED) is 0.886. The molecule has 0 amide bonds. The number of hydrogen-bond acceptors (Lipinski definition) is 3. The molecule has 1 aromatic carbocycles. The van der Waals surface area contributed by atoms with Crippen LogP contribution in [0.25, 0.3) is 0 Å². The smallest absolute Gasteiger partial charge is 0.126 e. The summed E-state index contributed by atoms with van der Waals surface area (Å²) in [6.45, 7) is 5.80. The topological polar surface area (TPSA) is 15.3 Å². The molecule has 0 saturated carbocycles. The van der Waals surface area contributed by atoms with E-state index in [1.54, 1.807) is 17.4 Å². The van der Waals surface area contributed by atoms with Crippen molar-refractivity contribution in [3.8, 4) is 0 Å². The van der Waals surface area contributed by atoms with Crippen molar-refractivity contribution in [2.75, 3.05) is 26.2 Å². The van der Waals surface area contributed by atoms with Gasteiger partial charge in [0.2, 0.25) is 0 Å². The van der Waals surface area contributed by atoms with Crippen molar-refractivity contribution in [3.63, 3.8) is 0 Å². The van der Waals surface area contributed by atoms with Gasteiger partial charge in [-0.1, -0.05) is 18.2 Å². The van der Waals surface area contributed by atoms with Gasteiger partial charge in [-0.3, -0.25) is 4.90 Å². The second-order valence-electron chi connectivity index (χ2n) is 5.21. The van der Waals surface area contributed by atoms with Crippen molar-refractivity contribution in [1.29, 1.82) is 0 Å². The number of thiophene rings is 1. The van der Waals surface area contributed by atoms with Crippen molar-refractivity contribution >= 4 is 36.2 Å². The second kappa shape index (κ2) is 8.85. The van der Waals surface area contributed by atoms with Gasteiger partial charge in [0.15, 0.2) is 0 Å². The zero-order valence-electron chi connectivity index (χ0n) is 12.4. The summed E-state index contributed by atoms with van der Waals surface area (Å²) in [6, 6.07) is 10.0. The molecule has 2 aromatic rings. The Balaban J connectivity index is 0.00000121. The number of aryl methyl sites for hydroxylation is 1. The van der Waals surface area contributed by atoms with E-state index >= 15 is 0 Å². The van der Waals surface area contributed by atoms with Gasteiger partial charge in [-0.2, -0.15) is 0 Å². The minimum absolute atomic E-state index is 0. The third-order valence-corrected chi connectivity index (χ3v) is 4.77. The van der Waals surface area contributed by atoms with Crippen LogP contribution >= 0.6 is 36.2 Å². The number of nitrogens with zero attached hydrogens (tertiary/aromatic N) is 1. The first-order chi connectivity index (χ1) is 9.75. The van der Waals surface area contributed by atoms with E-state index in [1.165, 1.54) is 4.88 Å². The molecule has 0 bridgehead atoms. The van der Waals surface area contributed by atoms with E-state index in [-0.39, 0.29) is 36.7 Å². The Morgan fingerprint density at radius 3 is 2.50 bits per heavy atom. The summed E-state index contributed by atoms with van der Waals surface area (Å²) >= 11 is 1.75. The average molecular weight is 363 g/mol. The zero-order valence-corrected chi connectivity index (χ0v) is 14.9. The standard InChI is InChI=1S/C16H19FN2S.2ClH/c1-12-4-5-13(11-14(12)17)16(15-3-2-10-20-15)19-8-6-18-7-9-19;;/h2-5,10-11,16,18H,6-9H2,1H3;2*1H/t16-;;/m1../s1. The van der Waals surface area contributed by atoms with E-state index in [0.29, 0.717) is 5.56 Å². The Morgan fingerprint density at radius 1 is 1.18 bits per heavy atom. The molecule has 1 N–H and O–H groups in total. The summed E-state index contributed by atoms with van der Waals surface area (Å²) in [5.41, 5.74) is 1.76. The Kier molecular flexibility index (Phi) is 7.80. The molecule has 3 rings (SSSR count). The largest absolute Gasteiger partial charge is 0.314 e. The van der Waals surface area contributed by atoms with Crippen LogP contribution in [0.15, 0.2) is 35.7 Å². The monoisotopic (exact) mass is 362 g/mol. The maximum atomic E-state index is 13.9. The van der Waals surface area contributed by atoms with Crippen LogP contribution < -0.4 is 5.32 Å². The van der Waals surface area contributed by atoms with Crippen LogP contribution in [0.3, 0.4) is 0 Å². The van der Waals surface area contributed by atoms with Crippen LogP contribution in [0.2, 0.25) is 0 Å². The maximum absolute atomic E-state index is 13.9. The fraction of sp³-hybridized carbons (Fsp3) is 0.375. The van der Waals surface area contributed by atoms with Gasteiger partial charge in [0, 0.05) is 31.1 Å². The molecule has 0 unspecified atom stereocenters. The van der Waals surface area contributed by atoms with Crippen molar-refractivity contribution in [2.45, 2.75) is 13.0 Å². The minimum atomic E-state index is -0.112. The summed E-state index contributed by atoms with van der Waals surface area (Å²) < 4.78 is 13.9. The minimum Gasteiger partial charge on any atom is -0.314 e. The van der Waals surface area contributed by atoms with E-state index in [2.05, 4.69) is 33.8 Å². The highest BCUT2D eigenvalue weighted by Gasteiger charge is 2.25. The van der Waals surface area contributed by atoms with Crippen molar-refractivity contribution < 1.29 is 4.39 Å². The third-order valence-electron chi connectivity index (χ3n) is 3.84. The van der Waals surface area contributed by atoms with E-state index in [0.717, 1.165) is 31.7 Å². The molecule has 1 atom stereocenters. The highest BCUT2D eigenvalue weighted by molar-refractivity contribution is 7.10. The predicted molar refractivity (Wildman–Crippen MR) is 96.2 cm³/mol. The lowest BCUT2D eigenvalue weighted by Crippen LogP contribution is -2.45. The van der Waals surface area contributed by atoms with Crippen LogP contribution in [0.5, 0.6) is 0 Å². The van der Waals surface area contributed by atoms with E-state index in [1.807, 2.05) is 13.0 Å². The SMILES string of the molecule is Cc1ccc([C@H](c2cccs2)N2CCNCC2)cc1F.Cl.Cl. The van der Waals surface area contributed by atoms with Crippen LogP contribution in [-0.4, -0.2) is 31.1 Å². The Hall–Kier alpha value is -0.650. The number of piperazine rings is 1. The van der Waals surface area contributed by atoms with Gasteiger partial charge >= 0.3 is 0 Å². The zero-order chi connectivity index (χ0) is 13.9. The van der Waals surface area contributed by atoms with E-state index < -0.39 is 0 Å². The molecule has 2 heterocycles. The van der Waals surface area contributed by atoms with Gasteiger partial charge in [-0.25, -0.2) is 4.39 Å². The average Bonchev–Trinajstić information content (AvgIpc) is 2.98. The summed E-state index contributed by atoms with van der Waals surface area (Å²) in [6.07, 6.45) is 0. The summed E-state index contributed by atoms with van der Waals surface area (Å²) in [4.78, 5) is 3.72. The number of benzene rings is 1. The second-order valence-corrected chi connectivity index (χ2v) is 6.19. The first kappa shape index (κ1) is 19.4. The maximum Gasteiger partial charge on any atom is 0.126 e. The van der Waals surface area contributed by atoms with E-state index in [9.17, 15) is 4.39 Å². The van der Waals surface area contributed by atoms with Crippen molar-refractivity contribution in [3.05, 3.63) is 57.5 Å². The molecule has 1 saturated heterocycles. The first-order valence-corrected chi connectivity index (χ1v) is 7.88. The molecule has 0 aliphatic carbocycles. The molecule has 1 aliphatic rings. The summed E-state index contributed by atoms with van der Waals surface area (Å²) in [5, 5.41) is 5.47. The molecule has 1 aromatic heterocycles. The molecule has 122 valence electrons. The van der Waals surface area contributed by atoms with Gasteiger partial charge in [0.1, 0.15) is 5.82 Å². The predicted octanol–water partition coefficient (Wildman–Crippen LogP) is 4.03. The normalized spacial score (nSPS) is 16.5. The number of nitrogens with one attached hydrogen (secondary N) is 1. The lowest BCUT2D eigenvalue weighted by molar-refractivity contribution is 0.200. The van der Waals surface area contributed by atoms with Crippen LogP contribution in [0.4, 0.5) is 4.39 Å². The molecule has 22 heavy (non-hydrogen) atoms. The van der Waals surface area contributed by atoms with Gasteiger partial charge in [-0.15, -0.1) is 36.2 Å². The fourth-order valence-corrected chi connectivity index (χ4v) is 3.61. The van der Waals surface area contributed by atoms with Gasteiger partial charge in [0.25, 0.3) is 0 Å². The Labute approximate surface area is 147 Å². The molecule has 0 spiro atoms. The Morgan fingerprint density at radius 2 is 1.91 bits per heavy atom. The molecule has 2 nitrogen and oxygen atoms in total. The number of rotatable bonds is 3. The van der Waals surface area contributed by atoms with Crippen LogP contribution in [0, 0.1) is 12.7 Å². The molecule has 6 heteroatoms. The van der Waals surface area contributed by atoms with Crippen LogP contribution in [-0.2, 0) is 0 Å². The molecule has 1 fully saturated rings.